The van der Waals surface area contributed by atoms with Crippen molar-refractivity contribution >= 4 is 39.1 Å². The van der Waals surface area contributed by atoms with Gasteiger partial charge in [0.05, 0.1) is 35.5 Å². The highest BCUT2D eigenvalue weighted by Crippen LogP contribution is 2.41. The number of hydrogen-bond donors (Lipinski definition) is 0. The number of halogens is 10. The molecule has 0 spiro atoms. The minimum Gasteiger partial charge on any atom is -0.493 e. The Morgan fingerprint density at radius 1 is 0.457 bits per heavy atom. The molecule has 0 saturated carbocycles. The van der Waals surface area contributed by atoms with Gasteiger partial charge >= 0.3 is 40.7 Å². The van der Waals surface area contributed by atoms with Crippen molar-refractivity contribution in [2.45, 2.75) is 166 Å². The fourth-order valence-corrected chi connectivity index (χ4v) is 17.0. The van der Waals surface area contributed by atoms with E-state index in [1.807, 2.05) is 13.8 Å². The quantitative estimate of drug-likeness (QED) is 0.0177. The fraction of sp³-hybridized carbons (Fsp3) is 0.500. The molecule has 0 radical (unpaired) electrons. The number of benzene rings is 4. The summed E-state index contributed by atoms with van der Waals surface area (Å²) >= 11 is 0. The van der Waals surface area contributed by atoms with Crippen LogP contribution in [0.2, 0.25) is 25.2 Å². The van der Waals surface area contributed by atoms with Gasteiger partial charge < -0.3 is 31.3 Å². The second-order valence-electron chi connectivity index (χ2n) is 21.1. The average molecular weight is 1180 g/mol. The maximum atomic E-state index is 15.2. The Morgan fingerprint density at radius 2 is 0.840 bits per heavy atom. The standard InChI is InChI=1S/C60H72F10O9Si2/c1-7-9-11-17-41-19-25-47(51(35-41)59(65,66)67)49-37-43-21-23-45(39-53(43)77-55(49)71)75-31-13-27-57(61,62)29-15-33-80(5,73-3)79-81(6,74-4)34-16-30-58(63,64)28-14-32-76-46-24-22-44-38-50(56(72)78-54(44)40-46)48-26-20-42(18-12-10-8-2)36-52(48)60(68,69)70/h19-26,35-40H,7-18,27-34H2,1-6H3. The van der Waals surface area contributed by atoms with Crippen LogP contribution in [-0.2, 0) is 38.2 Å². The van der Waals surface area contributed by atoms with Gasteiger partial charge in [0.1, 0.15) is 22.7 Å². The zero-order valence-electron chi connectivity index (χ0n) is 46.7. The highest BCUT2D eigenvalue weighted by atomic mass is 28.5. The summed E-state index contributed by atoms with van der Waals surface area (Å²) in [6, 6.07) is 19.8. The third kappa shape index (κ3) is 18.8. The maximum Gasteiger partial charge on any atom is 0.417 e. The predicted molar refractivity (Wildman–Crippen MR) is 298 cm³/mol. The Hall–Kier alpha value is -5.49. The number of unbranched alkanes of at least 4 members (excludes halogenated alkanes) is 4. The maximum absolute atomic E-state index is 15.2. The molecule has 2 atom stereocenters. The molecule has 0 fully saturated rings. The zero-order chi connectivity index (χ0) is 59.2. The van der Waals surface area contributed by atoms with Crippen LogP contribution < -0.4 is 20.7 Å². The molecule has 9 nitrogen and oxygen atoms in total. The van der Waals surface area contributed by atoms with Crippen LogP contribution in [0.4, 0.5) is 43.9 Å². The number of fused-ring (bicyclic) bond motifs is 2. The summed E-state index contributed by atoms with van der Waals surface area (Å²) in [5, 5.41) is 0.690. The van der Waals surface area contributed by atoms with Gasteiger partial charge in [-0.05, 0) is 136 Å². The van der Waals surface area contributed by atoms with Crippen molar-refractivity contribution in [3.05, 3.63) is 128 Å². The topological polar surface area (TPSA) is 107 Å². The van der Waals surface area contributed by atoms with E-state index >= 15 is 17.6 Å². The summed E-state index contributed by atoms with van der Waals surface area (Å²) in [5.41, 5.74) is -3.72. The van der Waals surface area contributed by atoms with Crippen molar-refractivity contribution in [2.75, 3.05) is 27.4 Å². The molecule has 2 aromatic heterocycles. The smallest absolute Gasteiger partial charge is 0.417 e. The van der Waals surface area contributed by atoms with Gasteiger partial charge in [-0.15, -0.1) is 0 Å². The van der Waals surface area contributed by atoms with Gasteiger partial charge in [0.2, 0.25) is 11.8 Å². The molecule has 2 heterocycles. The second kappa shape index (κ2) is 28.2. The average Bonchev–Trinajstić information content (AvgIpc) is 3.41. The minimum absolute atomic E-state index is 0.0337. The van der Waals surface area contributed by atoms with Crippen molar-refractivity contribution in [1.29, 1.82) is 0 Å². The Bertz CT molecular complexity index is 2940. The number of rotatable bonds is 32. The lowest BCUT2D eigenvalue weighted by Gasteiger charge is -2.36. The van der Waals surface area contributed by atoms with Gasteiger partial charge in [0, 0.05) is 73.9 Å². The molecule has 0 aliphatic carbocycles. The first-order chi connectivity index (χ1) is 38.2. The van der Waals surface area contributed by atoms with Crippen LogP contribution in [0.1, 0.15) is 126 Å². The van der Waals surface area contributed by atoms with E-state index in [9.17, 15) is 35.9 Å². The van der Waals surface area contributed by atoms with Crippen molar-refractivity contribution < 1.29 is 75.2 Å². The van der Waals surface area contributed by atoms with Crippen molar-refractivity contribution in [3.63, 3.8) is 0 Å². The number of aryl methyl sites for hydroxylation is 2. The lowest BCUT2D eigenvalue weighted by atomic mass is 9.95. The molecule has 6 aromatic rings. The van der Waals surface area contributed by atoms with Gasteiger partial charge in [0.15, 0.2) is 0 Å². The summed E-state index contributed by atoms with van der Waals surface area (Å²) in [5.74, 6) is -5.71. The summed E-state index contributed by atoms with van der Waals surface area (Å²) in [4.78, 5) is 26.1. The molecule has 444 valence electrons. The Balaban J connectivity index is 0.923. The minimum atomic E-state index is -4.71. The first-order valence-corrected chi connectivity index (χ1v) is 32.6. The van der Waals surface area contributed by atoms with Crippen LogP contribution in [0.25, 0.3) is 44.2 Å². The Labute approximate surface area is 467 Å². The monoisotopic (exact) mass is 1180 g/mol. The number of ether oxygens (including phenoxy) is 2. The molecule has 6 rings (SSSR count). The van der Waals surface area contributed by atoms with E-state index in [0.717, 1.165) is 50.7 Å². The molecule has 81 heavy (non-hydrogen) atoms. The van der Waals surface area contributed by atoms with Gasteiger partial charge in [0.25, 0.3) is 0 Å². The van der Waals surface area contributed by atoms with Gasteiger partial charge in [-0.3, -0.25) is 0 Å². The molecule has 0 amide bonds. The largest absolute Gasteiger partial charge is 0.493 e. The van der Waals surface area contributed by atoms with Crippen molar-refractivity contribution in [1.82, 2.24) is 0 Å². The van der Waals surface area contributed by atoms with Crippen LogP contribution >= 0.6 is 0 Å². The van der Waals surface area contributed by atoms with Gasteiger partial charge in [-0.25, -0.2) is 27.2 Å². The molecule has 4 aromatic carbocycles. The molecule has 0 aliphatic heterocycles. The molecular formula is C60H72F10O9Si2. The van der Waals surface area contributed by atoms with E-state index in [1.54, 1.807) is 25.2 Å². The predicted octanol–water partition coefficient (Wildman–Crippen LogP) is 18.0. The van der Waals surface area contributed by atoms with E-state index in [1.165, 1.54) is 74.9 Å². The molecule has 2 unspecified atom stereocenters. The van der Waals surface area contributed by atoms with E-state index in [2.05, 4.69) is 0 Å². The summed E-state index contributed by atoms with van der Waals surface area (Å²) < 4.78 is 186. The zero-order valence-corrected chi connectivity index (χ0v) is 48.7. The van der Waals surface area contributed by atoms with E-state index in [4.69, 9.17) is 31.3 Å². The van der Waals surface area contributed by atoms with Crippen molar-refractivity contribution in [3.8, 4) is 33.8 Å². The molecule has 0 bridgehead atoms. The lowest BCUT2D eigenvalue weighted by molar-refractivity contribution is -0.138. The summed E-state index contributed by atoms with van der Waals surface area (Å²) in [6.07, 6.45) is -5.34. The van der Waals surface area contributed by atoms with E-state index in [-0.39, 0.29) is 95.9 Å². The molecular weight excluding hydrogens is 1110 g/mol. The molecule has 21 heteroatoms. The summed E-state index contributed by atoms with van der Waals surface area (Å²) in [6.45, 7) is 7.24. The highest BCUT2D eigenvalue weighted by Gasteiger charge is 2.43. The van der Waals surface area contributed by atoms with E-state index in [0.29, 0.717) is 34.7 Å². The second-order valence-corrected chi connectivity index (χ2v) is 28.2. The van der Waals surface area contributed by atoms with Gasteiger partial charge in [-0.2, -0.15) is 26.3 Å². The van der Waals surface area contributed by atoms with Crippen LogP contribution in [0.3, 0.4) is 0 Å². The lowest BCUT2D eigenvalue weighted by Crippen LogP contribution is -2.51. The number of hydrogen-bond acceptors (Lipinski definition) is 9. The third-order valence-electron chi connectivity index (χ3n) is 14.5. The number of alkyl halides is 10. The third-order valence-corrected chi connectivity index (χ3v) is 22.2. The SMILES string of the molecule is CCCCCc1ccc(-c2cc3ccc(OCCCC(F)(F)CCC[Si](C)(OC)O[Si](C)(CCCC(F)(F)CCCOc4ccc5cc(-c6ccc(CCCCC)cc6C(F)(F)F)c(=O)oc5c4)OC)cc3oc2=O)c(C(F)(F)F)c1. The molecule has 0 aliphatic rings. The van der Waals surface area contributed by atoms with Crippen molar-refractivity contribution in [2.24, 2.45) is 0 Å². The van der Waals surface area contributed by atoms with Crippen LogP contribution in [0, 0.1) is 0 Å². The van der Waals surface area contributed by atoms with Crippen LogP contribution in [0.5, 0.6) is 11.5 Å². The van der Waals surface area contributed by atoms with Crippen LogP contribution in [-0.4, -0.2) is 56.4 Å². The Kier molecular flexibility index (Phi) is 22.5. The summed E-state index contributed by atoms with van der Waals surface area (Å²) in [7, 11) is -3.38. The normalized spacial score (nSPS) is 14.1. The first kappa shape index (κ1) is 64.7. The highest BCUT2D eigenvalue weighted by molar-refractivity contribution is 6.80. The van der Waals surface area contributed by atoms with Crippen LogP contribution in [0.15, 0.2) is 103 Å². The molecule has 0 N–H and O–H groups in total. The van der Waals surface area contributed by atoms with Gasteiger partial charge in [-0.1, -0.05) is 63.8 Å². The Morgan fingerprint density at radius 3 is 1.20 bits per heavy atom. The first-order valence-electron chi connectivity index (χ1n) is 27.6. The molecule has 0 saturated heterocycles. The van der Waals surface area contributed by atoms with E-state index < -0.39 is 89.4 Å². The fourth-order valence-electron chi connectivity index (χ4n) is 9.80.